The van der Waals surface area contributed by atoms with Crippen molar-refractivity contribution in [2.45, 2.75) is 45.1 Å². The van der Waals surface area contributed by atoms with E-state index in [2.05, 4.69) is 11.9 Å². The summed E-state index contributed by atoms with van der Waals surface area (Å²) in [6, 6.07) is 0. The van der Waals surface area contributed by atoms with Crippen molar-refractivity contribution < 1.29 is 5.11 Å². The van der Waals surface area contributed by atoms with E-state index in [9.17, 15) is 5.11 Å². The second kappa shape index (κ2) is 5.81. The highest BCUT2D eigenvalue weighted by Gasteiger charge is 2.09. The fraction of sp³-hybridized carbons (Fsp3) is 0.727. The maximum atomic E-state index is 9.76. The molecule has 0 aromatic carbocycles. The van der Waals surface area contributed by atoms with Crippen LogP contribution in [0.4, 0.5) is 0 Å². The Morgan fingerprint density at radius 3 is 2.79 bits per heavy atom. The fourth-order valence-corrected chi connectivity index (χ4v) is 1.52. The van der Waals surface area contributed by atoms with Crippen LogP contribution in [-0.2, 0) is 7.05 Å². The van der Waals surface area contributed by atoms with Crippen LogP contribution in [0.1, 0.15) is 50.8 Å². The molecule has 1 aromatic heterocycles. The summed E-state index contributed by atoms with van der Waals surface area (Å²) in [5.41, 5.74) is 0.795. The number of aryl methyl sites for hydroxylation is 1. The molecule has 0 radical (unpaired) electrons. The van der Waals surface area contributed by atoms with Gasteiger partial charge in [0.25, 0.3) is 0 Å². The lowest BCUT2D eigenvalue weighted by molar-refractivity contribution is 0.159. The largest absolute Gasteiger partial charge is 0.387 e. The van der Waals surface area contributed by atoms with Crippen molar-refractivity contribution in [1.29, 1.82) is 0 Å². The Kier molecular flexibility index (Phi) is 4.66. The molecule has 1 atom stereocenters. The third-order valence-electron chi connectivity index (χ3n) is 2.40. The van der Waals surface area contributed by atoms with E-state index < -0.39 is 0 Å². The van der Waals surface area contributed by atoms with Gasteiger partial charge in [-0.05, 0) is 6.42 Å². The summed E-state index contributed by atoms with van der Waals surface area (Å²) in [4.78, 5) is 4.13. The number of hydrogen-bond donors (Lipinski definition) is 1. The van der Waals surface area contributed by atoms with Gasteiger partial charge in [-0.15, -0.1) is 0 Å². The highest BCUT2D eigenvalue weighted by Crippen LogP contribution is 2.17. The summed E-state index contributed by atoms with van der Waals surface area (Å²) in [5.74, 6) is 0. The fourth-order valence-electron chi connectivity index (χ4n) is 1.52. The van der Waals surface area contributed by atoms with E-state index in [-0.39, 0.29) is 6.10 Å². The smallest absolute Gasteiger partial charge is 0.0975 e. The van der Waals surface area contributed by atoms with Gasteiger partial charge in [-0.1, -0.05) is 32.6 Å². The average Bonchev–Trinajstić information content (AvgIpc) is 2.59. The maximum absolute atomic E-state index is 9.76. The first kappa shape index (κ1) is 11.2. The molecule has 1 rings (SSSR count). The number of imidazole rings is 1. The molecule has 0 spiro atoms. The summed E-state index contributed by atoms with van der Waals surface area (Å²) in [6.07, 6.45) is 8.85. The van der Waals surface area contributed by atoms with Crippen molar-refractivity contribution >= 4 is 0 Å². The maximum Gasteiger partial charge on any atom is 0.0975 e. The molecule has 80 valence electrons. The van der Waals surface area contributed by atoms with Crippen LogP contribution in [0.15, 0.2) is 12.5 Å². The number of nitrogens with zero attached hydrogens (tertiary/aromatic N) is 2. The third-order valence-corrected chi connectivity index (χ3v) is 2.40. The van der Waals surface area contributed by atoms with Gasteiger partial charge in [0.1, 0.15) is 0 Å². The number of rotatable bonds is 6. The summed E-state index contributed by atoms with van der Waals surface area (Å²) in [6.45, 7) is 2.19. The molecule has 1 aromatic rings. The van der Waals surface area contributed by atoms with E-state index in [0.717, 1.165) is 18.5 Å². The van der Waals surface area contributed by atoms with Crippen molar-refractivity contribution in [3.05, 3.63) is 18.2 Å². The lowest BCUT2D eigenvalue weighted by Gasteiger charge is -2.06. The second-order valence-electron chi connectivity index (χ2n) is 3.83. The van der Waals surface area contributed by atoms with Crippen molar-refractivity contribution in [2.24, 2.45) is 7.05 Å². The SMILES string of the molecule is CCCCCCC(O)c1cn(C)cn1. The van der Waals surface area contributed by atoms with Gasteiger partial charge >= 0.3 is 0 Å². The molecule has 0 amide bonds. The minimum absolute atomic E-state index is 0.381. The Morgan fingerprint density at radius 1 is 1.43 bits per heavy atom. The third kappa shape index (κ3) is 3.50. The minimum Gasteiger partial charge on any atom is -0.387 e. The van der Waals surface area contributed by atoms with Gasteiger partial charge < -0.3 is 9.67 Å². The van der Waals surface area contributed by atoms with Gasteiger partial charge in [0, 0.05) is 13.2 Å². The van der Waals surface area contributed by atoms with Gasteiger partial charge in [-0.25, -0.2) is 4.98 Å². The summed E-state index contributed by atoms with van der Waals surface area (Å²) >= 11 is 0. The monoisotopic (exact) mass is 196 g/mol. The Balaban J connectivity index is 2.25. The molecular weight excluding hydrogens is 176 g/mol. The van der Waals surface area contributed by atoms with E-state index in [4.69, 9.17) is 0 Å². The quantitative estimate of drug-likeness (QED) is 0.709. The van der Waals surface area contributed by atoms with E-state index in [1.54, 1.807) is 6.33 Å². The lowest BCUT2D eigenvalue weighted by atomic mass is 10.1. The zero-order valence-corrected chi connectivity index (χ0v) is 9.11. The molecule has 0 saturated heterocycles. The highest BCUT2D eigenvalue weighted by atomic mass is 16.3. The lowest BCUT2D eigenvalue weighted by Crippen LogP contribution is -1.97. The van der Waals surface area contributed by atoms with Crippen LogP contribution in [0.25, 0.3) is 0 Å². The molecule has 14 heavy (non-hydrogen) atoms. The van der Waals surface area contributed by atoms with E-state index in [1.807, 2.05) is 17.8 Å². The van der Waals surface area contributed by atoms with Crippen LogP contribution in [-0.4, -0.2) is 14.7 Å². The Labute approximate surface area is 85.8 Å². The van der Waals surface area contributed by atoms with Crippen LogP contribution in [0, 0.1) is 0 Å². The van der Waals surface area contributed by atoms with Gasteiger partial charge in [0.15, 0.2) is 0 Å². The van der Waals surface area contributed by atoms with Gasteiger partial charge in [-0.2, -0.15) is 0 Å². The van der Waals surface area contributed by atoms with E-state index in [1.165, 1.54) is 19.3 Å². The standard InChI is InChI=1S/C11H20N2O/c1-3-4-5-6-7-11(14)10-8-13(2)9-12-10/h8-9,11,14H,3-7H2,1-2H3. The molecule has 3 nitrogen and oxygen atoms in total. The number of aliphatic hydroxyl groups excluding tert-OH is 1. The van der Waals surface area contributed by atoms with Gasteiger partial charge in [0.2, 0.25) is 0 Å². The normalized spacial score (nSPS) is 13.1. The number of hydrogen-bond acceptors (Lipinski definition) is 2. The zero-order valence-electron chi connectivity index (χ0n) is 9.11. The number of aromatic nitrogens is 2. The van der Waals surface area contributed by atoms with E-state index in [0.29, 0.717) is 0 Å². The number of unbranched alkanes of at least 4 members (excludes halogenated alkanes) is 3. The van der Waals surface area contributed by atoms with Gasteiger partial charge in [-0.3, -0.25) is 0 Å². The summed E-state index contributed by atoms with van der Waals surface area (Å²) in [7, 11) is 1.92. The number of aliphatic hydroxyl groups is 1. The van der Waals surface area contributed by atoms with Crippen LogP contribution in [0.2, 0.25) is 0 Å². The molecule has 0 aliphatic rings. The van der Waals surface area contributed by atoms with Crippen molar-refractivity contribution in [2.75, 3.05) is 0 Å². The predicted octanol–water partition coefficient (Wildman–Crippen LogP) is 2.42. The Bertz CT molecular complexity index is 258. The van der Waals surface area contributed by atoms with Crippen molar-refractivity contribution in [3.8, 4) is 0 Å². The molecule has 1 unspecified atom stereocenters. The first-order chi connectivity index (χ1) is 6.74. The Hall–Kier alpha value is -0.830. The molecular formula is C11H20N2O. The molecule has 0 fully saturated rings. The predicted molar refractivity (Wildman–Crippen MR) is 56.9 cm³/mol. The van der Waals surface area contributed by atoms with Gasteiger partial charge in [0.05, 0.1) is 18.1 Å². The summed E-state index contributed by atoms with van der Waals surface area (Å²) < 4.78 is 1.87. The molecule has 0 saturated carbocycles. The first-order valence-electron chi connectivity index (χ1n) is 5.40. The minimum atomic E-state index is -0.381. The summed E-state index contributed by atoms with van der Waals surface area (Å²) in [5, 5.41) is 9.76. The second-order valence-corrected chi connectivity index (χ2v) is 3.83. The van der Waals surface area contributed by atoms with Crippen LogP contribution in [0.5, 0.6) is 0 Å². The molecule has 3 heteroatoms. The van der Waals surface area contributed by atoms with Crippen LogP contribution < -0.4 is 0 Å². The Morgan fingerprint density at radius 2 is 2.21 bits per heavy atom. The molecule has 0 aliphatic heterocycles. The first-order valence-corrected chi connectivity index (χ1v) is 5.40. The highest BCUT2D eigenvalue weighted by molar-refractivity contribution is 5.00. The average molecular weight is 196 g/mol. The molecule has 0 aliphatic carbocycles. The topological polar surface area (TPSA) is 38.0 Å². The van der Waals surface area contributed by atoms with Crippen LogP contribution in [0.3, 0.4) is 0 Å². The molecule has 1 heterocycles. The molecule has 0 bridgehead atoms. The molecule has 1 N–H and O–H groups in total. The van der Waals surface area contributed by atoms with Crippen LogP contribution >= 0.6 is 0 Å². The zero-order chi connectivity index (χ0) is 10.4. The van der Waals surface area contributed by atoms with E-state index >= 15 is 0 Å². The van der Waals surface area contributed by atoms with Crippen molar-refractivity contribution in [1.82, 2.24) is 9.55 Å². The van der Waals surface area contributed by atoms with Crippen molar-refractivity contribution in [3.63, 3.8) is 0 Å².